The van der Waals surface area contributed by atoms with Crippen molar-refractivity contribution in [3.63, 3.8) is 0 Å². The number of hydrogen-bond donors (Lipinski definition) is 2. The van der Waals surface area contributed by atoms with E-state index in [-0.39, 0.29) is 6.10 Å². The molecule has 3 heteroatoms. The zero-order valence-electron chi connectivity index (χ0n) is 10.00. The molecule has 2 N–H and O–H groups in total. The third-order valence-electron chi connectivity index (χ3n) is 3.06. The lowest BCUT2D eigenvalue weighted by Crippen LogP contribution is -2.29. The second-order valence-electron chi connectivity index (χ2n) is 4.55. The highest BCUT2D eigenvalue weighted by atomic mass is 16.3. The van der Waals surface area contributed by atoms with Crippen molar-refractivity contribution < 1.29 is 5.11 Å². The van der Waals surface area contributed by atoms with E-state index in [1.54, 1.807) is 0 Å². The third-order valence-corrected chi connectivity index (χ3v) is 3.06. The molecule has 0 spiro atoms. The Bertz CT molecular complexity index is 204. The Balaban J connectivity index is 2.20. The van der Waals surface area contributed by atoms with Gasteiger partial charge in [-0.3, -0.25) is 4.90 Å². The van der Waals surface area contributed by atoms with Crippen molar-refractivity contribution >= 4 is 0 Å². The quantitative estimate of drug-likeness (QED) is 0.641. The average molecular weight is 212 g/mol. The summed E-state index contributed by atoms with van der Waals surface area (Å²) in [6, 6.07) is 0. The molecule has 1 fully saturated rings. The fraction of sp³-hybridized carbons (Fsp3) is 0.833. The fourth-order valence-electron chi connectivity index (χ4n) is 2.07. The predicted molar refractivity (Wildman–Crippen MR) is 63.9 cm³/mol. The molecule has 0 aromatic heterocycles. The van der Waals surface area contributed by atoms with Crippen LogP contribution in [0.5, 0.6) is 0 Å². The van der Waals surface area contributed by atoms with E-state index < -0.39 is 0 Å². The van der Waals surface area contributed by atoms with Crippen molar-refractivity contribution in [1.82, 2.24) is 10.2 Å². The first-order chi connectivity index (χ1) is 7.13. The van der Waals surface area contributed by atoms with Crippen LogP contribution in [0.1, 0.15) is 20.3 Å². The van der Waals surface area contributed by atoms with Crippen LogP contribution >= 0.6 is 0 Å². The standard InChI is InChI=1S/C12H24N2O/c1-4-13-7-10(2)8-14-6-5-12(9-14)11(3)15/h11-13,15H,2,4-9H2,1,3H3. The third kappa shape index (κ3) is 4.33. The van der Waals surface area contributed by atoms with Crippen molar-refractivity contribution in [1.29, 1.82) is 0 Å². The second kappa shape index (κ2) is 6.26. The smallest absolute Gasteiger partial charge is 0.0552 e. The average Bonchev–Trinajstić information content (AvgIpc) is 2.63. The molecular weight excluding hydrogens is 188 g/mol. The number of likely N-dealkylation sites (tertiary alicyclic amines) is 1. The van der Waals surface area contributed by atoms with Crippen molar-refractivity contribution in [3.8, 4) is 0 Å². The maximum atomic E-state index is 9.48. The molecule has 3 nitrogen and oxygen atoms in total. The zero-order valence-corrected chi connectivity index (χ0v) is 10.00. The molecule has 88 valence electrons. The van der Waals surface area contributed by atoms with Crippen LogP contribution in [0.3, 0.4) is 0 Å². The number of aliphatic hydroxyl groups is 1. The van der Waals surface area contributed by atoms with Gasteiger partial charge < -0.3 is 10.4 Å². The topological polar surface area (TPSA) is 35.5 Å². The van der Waals surface area contributed by atoms with Crippen LogP contribution in [-0.4, -0.2) is 48.8 Å². The lowest BCUT2D eigenvalue weighted by Gasteiger charge is -2.18. The van der Waals surface area contributed by atoms with E-state index in [4.69, 9.17) is 0 Å². The maximum Gasteiger partial charge on any atom is 0.0552 e. The minimum Gasteiger partial charge on any atom is -0.393 e. The molecule has 1 aliphatic rings. The van der Waals surface area contributed by atoms with Crippen LogP contribution in [0, 0.1) is 5.92 Å². The number of hydrogen-bond acceptors (Lipinski definition) is 3. The minimum absolute atomic E-state index is 0.169. The van der Waals surface area contributed by atoms with E-state index >= 15 is 0 Å². The highest BCUT2D eigenvalue weighted by molar-refractivity contribution is 5.01. The number of nitrogens with one attached hydrogen (secondary N) is 1. The van der Waals surface area contributed by atoms with E-state index in [1.807, 2.05) is 6.92 Å². The number of rotatable bonds is 6. The molecule has 0 saturated carbocycles. The highest BCUT2D eigenvalue weighted by Crippen LogP contribution is 2.19. The Morgan fingerprint density at radius 3 is 2.93 bits per heavy atom. The summed E-state index contributed by atoms with van der Waals surface area (Å²) in [4.78, 5) is 2.39. The summed E-state index contributed by atoms with van der Waals surface area (Å²) in [5.74, 6) is 0.455. The first kappa shape index (κ1) is 12.7. The second-order valence-corrected chi connectivity index (χ2v) is 4.55. The van der Waals surface area contributed by atoms with Crippen LogP contribution in [-0.2, 0) is 0 Å². The summed E-state index contributed by atoms with van der Waals surface area (Å²) in [5.41, 5.74) is 1.24. The van der Waals surface area contributed by atoms with Crippen LogP contribution in [0.25, 0.3) is 0 Å². The summed E-state index contributed by atoms with van der Waals surface area (Å²) in [5, 5.41) is 12.8. The van der Waals surface area contributed by atoms with Crippen molar-refractivity contribution in [2.24, 2.45) is 5.92 Å². The summed E-state index contributed by atoms with van der Waals surface area (Å²) in [6.45, 7) is 13.0. The van der Waals surface area contributed by atoms with Crippen LogP contribution < -0.4 is 5.32 Å². The molecule has 2 atom stereocenters. The van der Waals surface area contributed by atoms with E-state index in [9.17, 15) is 5.11 Å². The Kier molecular flexibility index (Phi) is 5.29. The molecular formula is C12H24N2O. The molecule has 1 saturated heterocycles. The summed E-state index contributed by atoms with van der Waals surface area (Å²) < 4.78 is 0. The monoisotopic (exact) mass is 212 g/mol. The van der Waals surface area contributed by atoms with Crippen LogP contribution in [0.15, 0.2) is 12.2 Å². The van der Waals surface area contributed by atoms with Gasteiger partial charge in [-0.05, 0) is 37.9 Å². The first-order valence-electron chi connectivity index (χ1n) is 5.91. The molecule has 2 unspecified atom stereocenters. The number of likely N-dealkylation sites (N-methyl/N-ethyl adjacent to an activating group) is 1. The van der Waals surface area contributed by atoms with E-state index in [0.29, 0.717) is 5.92 Å². The molecule has 0 bridgehead atoms. The van der Waals surface area contributed by atoms with Crippen molar-refractivity contribution in [3.05, 3.63) is 12.2 Å². The Labute approximate surface area is 93.2 Å². The van der Waals surface area contributed by atoms with Crippen LogP contribution in [0.2, 0.25) is 0 Å². The van der Waals surface area contributed by atoms with E-state index in [2.05, 4.69) is 23.7 Å². The van der Waals surface area contributed by atoms with Gasteiger partial charge in [-0.2, -0.15) is 0 Å². The molecule has 0 aliphatic carbocycles. The number of aliphatic hydroxyl groups excluding tert-OH is 1. The molecule has 1 rings (SSSR count). The lowest BCUT2D eigenvalue weighted by molar-refractivity contribution is 0.128. The molecule has 0 radical (unpaired) electrons. The summed E-state index contributed by atoms with van der Waals surface area (Å²) in [7, 11) is 0. The molecule has 0 amide bonds. The predicted octanol–water partition coefficient (Wildman–Crippen LogP) is 0.855. The van der Waals surface area contributed by atoms with Gasteiger partial charge in [-0.25, -0.2) is 0 Å². The van der Waals surface area contributed by atoms with Gasteiger partial charge in [0.2, 0.25) is 0 Å². The molecule has 0 aromatic carbocycles. The van der Waals surface area contributed by atoms with Gasteiger partial charge in [-0.15, -0.1) is 0 Å². The van der Waals surface area contributed by atoms with Gasteiger partial charge in [0.1, 0.15) is 0 Å². The maximum absolute atomic E-state index is 9.48. The van der Waals surface area contributed by atoms with Gasteiger partial charge in [0.15, 0.2) is 0 Å². The van der Waals surface area contributed by atoms with Gasteiger partial charge in [0.25, 0.3) is 0 Å². The Morgan fingerprint density at radius 2 is 2.40 bits per heavy atom. The lowest BCUT2D eigenvalue weighted by atomic mass is 10.0. The van der Waals surface area contributed by atoms with E-state index in [1.165, 1.54) is 5.57 Å². The largest absolute Gasteiger partial charge is 0.393 e. The van der Waals surface area contributed by atoms with Crippen molar-refractivity contribution in [2.45, 2.75) is 26.4 Å². The summed E-state index contributed by atoms with van der Waals surface area (Å²) in [6.07, 6.45) is 0.948. The van der Waals surface area contributed by atoms with Crippen LogP contribution in [0.4, 0.5) is 0 Å². The van der Waals surface area contributed by atoms with Gasteiger partial charge in [0.05, 0.1) is 6.10 Å². The molecule has 0 aromatic rings. The normalized spacial score (nSPS) is 24.3. The SMILES string of the molecule is C=C(CNCC)CN1CCC(C(C)O)C1. The zero-order chi connectivity index (χ0) is 11.3. The van der Waals surface area contributed by atoms with E-state index in [0.717, 1.165) is 39.1 Å². The molecule has 15 heavy (non-hydrogen) atoms. The fourth-order valence-corrected chi connectivity index (χ4v) is 2.07. The van der Waals surface area contributed by atoms with Crippen molar-refractivity contribution in [2.75, 3.05) is 32.7 Å². The Morgan fingerprint density at radius 1 is 1.67 bits per heavy atom. The Hall–Kier alpha value is -0.380. The first-order valence-corrected chi connectivity index (χ1v) is 5.91. The number of nitrogens with zero attached hydrogens (tertiary/aromatic N) is 1. The van der Waals surface area contributed by atoms with Gasteiger partial charge in [0, 0.05) is 19.6 Å². The molecule has 1 heterocycles. The van der Waals surface area contributed by atoms with Gasteiger partial charge >= 0.3 is 0 Å². The van der Waals surface area contributed by atoms with Gasteiger partial charge in [-0.1, -0.05) is 13.5 Å². The highest BCUT2D eigenvalue weighted by Gasteiger charge is 2.25. The molecule has 1 aliphatic heterocycles. The summed E-state index contributed by atoms with van der Waals surface area (Å²) >= 11 is 0. The minimum atomic E-state index is -0.169.